The van der Waals surface area contributed by atoms with Gasteiger partial charge in [0.05, 0.1) is 21.8 Å². The Labute approximate surface area is 195 Å². The summed E-state index contributed by atoms with van der Waals surface area (Å²) in [5, 5.41) is 16.4. The molecular formula is C23H22N6O4S. The number of aryl methyl sites for hydroxylation is 1. The van der Waals surface area contributed by atoms with Crippen LogP contribution >= 0.6 is 0 Å². The number of carbonyl (C=O) groups is 1. The third kappa shape index (κ3) is 4.35. The topological polar surface area (TPSA) is 146 Å². The van der Waals surface area contributed by atoms with Gasteiger partial charge >= 0.3 is 0 Å². The molecule has 3 N–H and O–H groups in total. The number of nitrogens with zero attached hydrogens (tertiary/aromatic N) is 4. The zero-order valence-electron chi connectivity index (χ0n) is 18.3. The van der Waals surface area contributed by atoms with E-state index < -0.39 is 10.0 Å². The van der Waals surface area contributed by atoms with Crippen LogP contribution in [0.25, 0.3) is 17.1 Å². The van der Waals surface area contributed by atoms with Crippen LogP contribution in [0, 0.1) is 6.92 Å². The van der Waals surface area contributed by atoms with Crippen molar-refractivity contribution >= 4 is 21.6 Å². The van der Waals surface area contributed by atoms with Gasteiger partial charge in [0.25, 0.3) is 5.91 Å². The Morgan fingerprint density at radius 1 is 1.12 bits per heavy atom. The maximum Gasteiger partial charge on any atom is 0.259 e. The highest BCUT2D eigenvalue weighted by atomic mass is 32.2. The van der Waals surface area contributed by atoms with Gasteiger partial charge in [-0.2, -0.15) is 10.1 Å². The molecule has 0 unspecified atom stereocenters. The fraction of sp³-hybridized carbons (Fsp3) is 0.217. The Bertz CT molecular complexity index is 1450. The zero-order valence-corrected chi connectivity index (χ0v) is 19.1. The fourth-order valence-corrected chi connectivity index (χ4v) is 4.19. The first kappa shape index (κ1) is 22.0. The number of nitrogens with one attached hydrogen (secondary N) is 1. The largest absolute Gasteiger partial charge is 0.339 e. The summed E-state index contributed by atoms with van der Waals surface area (Å²) in [6.07, 6.45) is 5.03. The molecule has 1 amide bonds. The average molecular weight is 479 g/mol. The number of hydrogen-bond acceptors (Lipinski definition) is 7. The van der Waals surface area contributed by atoms with E-state index in [2.05, 4.69) is 20.6 Å². The number of anilines is 1. The highest BCUT2D eigenvalue weighted by molar-refractivity contribution is 7.89. The second kappa shape index (κ2) is 8.50. The normalized spacial score (nSPS) is 14.1. The maximum absolute atomic E-state index is 12.8. The number of sulfonamides is 1. The fourth-order valence-electron chi connectivity index (χ4n) is 3.68. The van der Waals surface area contributed by atoms with Crippen molar-refractivity contribution < 1.29 is 17.7 Å². The Morgan fingerprint density at radius 2 is 1.82 bits per heavy atom. The number of nitrogens with two attached hydrogens (primary N) is 1. The van der Waals surface area contributed by atoms with Gasteiger partial charge in [0.2, 0.25) is 21.7 Å². The van der Waals surface area contributed by atoms with Crippen molar-refractivity contribution in [1.82, 2.24) is 19.9 Å². The quantitative estimate of drug-likeness (QED) is 0.432. The average Bonchev–Trinajstić information content (AvgIpc) is 3.40. The van der Waals surface area contributed by atoms with Crippen molar-refractivity contribution in [3.05, 3.63) is 71.9 Å². The van der Waals surface area contributed by atoms with Crippen LogP contribution in [-0.4, -0.2) is 34.2 Å². The molecule has 0 spiro atoms. The predicted molar refractivity (Wildman–Crippen MR) is 124 cm³/mol. The summed E-state index contributed by atoms with van der Waals surface area (Å²) in [7, 11) is -3.80. The lowest BCUT2D eigenvalue weighted by atomic mass is 9.85. The lowest BCUT2D eigenvalue weighted by Crippen LogP contribution is -2.14. The molecule has 2 heterocycles. The van der Waals surface area contributed by atoms with E-state index in [9.17, 15) is 13.2 Å². The molecule has 0 saturated heterocycles. The van der Waals surface area contributed by atoms with E-state index in [1.165, 1.54) is 30.7 Å². The third-order valence-corrected chi connectivity index (χ3v) is 6.80. The van der Waals surface area contributed by atoms with Gasteiger partial charge in [-0.1, -0.05) is 11.6 Å². The van der Waals surface area contributed by atoms with Gasteiger partial charge in [-0.15, -0.1) is 0 Å². The van der Waals surface area contributed by atoms with E-state index in [0.717, 1.165) is 24.1 Å². The molecule has 2 aromatic heterocycles. The second-order valence-electron chi connectivity index (χ2n) is 8.23. The van der Waals surface area contributed by atoms with E-state index in [0.29, 0.717) is 34.6 Å². The van der Waals surface area contributed by atoms with Gasteiger partial charge in [0, 0.05) is 23.4 Å². The van der Waals surface area contributed by atoms with Crippen molar-refractivity contribution in [3.63, 3.8) is 0 Å². The monoisotopic (exact) mass is 478 g/mol. The molecule has 1 saturated carbocycles. The molecule has 2 aromatic carbocycles. The Hall–Kier alpha value is -3.83. The number of primary sulfonamides is 1. The predicted octanol–water partition coefficient (Wildman–Crippen LogP) is 3.40. The van der Waals surface area contributed by atoms with Gasteiger partial charge in [-0.25, -0.2) is 18.2 Å². The van der Waals surface area contributed by atoms with Crippen LogP contribution in [0.2, 0.25) is 0 Å². The molecule has 174 valence electrons. The molecule has 0 aliphatic heterocycles. The summed E-state index contributed by atoms with van der Waals surface area (Å²) in [4.78, 5) is 17.2. The first-order chi connectivity index (χ1) is 16.3. The molecular weight excluding hydrogens is 456 g/mol. The lowest BCUT2D eigenvalue weighted by molar-refractivity contribution is 0.102. The summed E-state index contributed by atoms with van der Waals surface area (Å²) >= 11 is 0. The number of hydrogen-bond donors (Lipinski definition) is 2. The van der Waals surface area contributed by atoms with Gasteiger partial charge in [-0.05, 0) is 68.3 Å². The minimum absolute atomic E-state index is 0.0296. The molecule has 4 aromatic rings. The molecule has 0 atom stereocenters. The molecule has 0 radical (unpaired) electrons. The second-order valence-corrected chi connectivity index (χ2v) is 9.79. The van der Waals surface area contributed by atoms with Crippen LogP contribution in [0.5, 0.6) is 0 Å². The van der Waals surface area contributed by atoms with E-state index in [4.69, 9.17) is 9.66 Å². The molecule has 34 heavy (non-hydrogen) atoms. The standard InChI is InChI=1S/C23H22N6O4S/c1-14-20(22(30)25-17-7-11-19(12-8-17)34(24,31)32)13-29(27-14)18-9-5-15(6-10-18)21-26-23(33-28-21)16-3-2-4-16/h5-13,16H,2-4H2,1H3,(H,25,30)(H2,24,31,32). The summed E-state index contributed by atoms with van der Waals surface area (Å²) < 4.78 is 29.8. The molecule has 10 nitrogen and oxygen atoms in total. The van der Waals surface area contributed by atoms with Crippen molar-refractivity contribution in [2.45, 2.75) is 37.0 Å². The van der Waals surface area contributed by atoms with Gasteiger partial charge < -0.3 is 9.84 Å². The van der Waals surface area contributed by atoms with E-state index in [1.54, 1.807) is 17.8 Å². The smallest absolute Gasteiger partial charge is 0.259 e. The van der Waals surface area contributed by atoms with Crippen LogP contribution in [0.1, 0.15) is 47.1 Å². The van der Waals surface area contributed by atoms with Crippen LogP contribution in [0.15, 0.2) is 64.1 Å². The summed E-state index contributed by atoms with van der Waals surface area (Å²) in [6.45, 7) is 1.74. The minimum atomic E-state index is -3.80. The number of aromatic nitrogens is 4. The zero-order chi connectivity index (χ0) is 23.9. The molecule has 1 fully saturated rings. The first-order valence-electron chi connectivity index (χ1n) is 10.7. The highest BCUT2D eigenvalue weighted by Gasteiger charge is 2.25. The van der Waals surface area contributed by atoms with E-state index >= 15 is 0 Å². The summed E-state index contributed by atoms with van der Waals surface area (Å²) in [6, 6.07) is 13.1. The van der Waals surface area contributed by atoms with Crippen LogP contribution in [0.4, 0.5) is 5.69 Å². The molecule has 11 heteroatoms. The summed E-state index contributed by atoms with van der Waals surface area (Å²) in [5.41, 5.74) is 2.98. The van der Waals surface area contributed by atoms with Crippen molar-refractivity contribution in [1.29, 1.82) is 0 Å². The molecule has 0 bridgehead atoms. The number of amides is 1. The van der Waals surface area contributed by atoms with Crippen LogP contribution in [0.3, 0.4) is 0 Å². The Morgan fingerprint density at radius 3 is 2.44 bits per heavy atom. The molecule has 1 aliphatic rings. The molecule has 5 rings (SSSR count). The van der Waals surface area contributed by atoms with Crippen molar-refractivity contribution in [2.24, 2.45) is 5.14 Å². The van der Waals surface area contributed by atoms with Gasteiger partial charge in [-0.3, -0.25) is 4.79 Å². The van der Waals surface area contributed by atoms with Gasteiger partial charge in [0.1, 0.15) is 0 Å². The SMILES string of the molecule is Cc1nn(-c2ccc(-c3noc(C4CCC4)n3)cc2)cc1C(=O)Nc1ccc(S(N)(=O)=O)cc1. The third-order valence-electron chi connectivity index (χ3n) is 5.87. The first-order valence-corrected chi connectivity index (χ1v) is 12.3. The number of carbonyl (C=O) groups excluding carboxylic acids is 1. The van der Waals surface area contributed by atoms with Crippen LogP contribution < -0.4 is 10.5 Å². The lowest BCUT2D eigenvalue weighted by Gasteiger charge is -2.20. The summed E-state index contributed by atoms with van der Waals surface area (Å²) in [5.74, 6) is 1.27. The van der Waals surface area contributed by atoms with Crippen LogP contribution in [-0.2, 0) is 10.0 Å². The van der Waals surface area contributed by atoms with E-state index in [-0.39, 0.29) is 10.8 Å². The van der Waals surface area contributed by atoms with Crippen molar-refractivity contribution in [3.8, 4) is 17.1 Å². The van der Waals surface area contributed by atoms with Gasteiger partial charge in [0.15, 0.2) is 0 Å². The maximum atomic E-state index is 12.8. The van der Waals surface area contributed by atoms with E-state index in [1.807, 2.05) is 24.3 Å². The Balaban J connectivity index is 1.30. The van der Waals surface area contributed by atoms with Crippen molar-refractivity contribution in [2.75, 3.05) is 5.32 Å². The number of benzene rings is 2. The Kier molecular flexibility index (Phi) is 5.50. The number of rotatable bonds is 6. The highest BCUT2D eigenvalue weighted by Crippen LogP contribution is 2.36. The molecule has 1 aliphatic carbocycles. The minimum Gasteiger partial charge on any atom is -0.339 e.